The number of aliphatic hydroxyl groups is 1. The average Bonchev–Trinajstić information content (AvgIpc) is 2.67. The Morgan fingerprint density at radius 2 is 2.57 bits per heavy atom. The quantitative estimate of drug-likeness (QED) is 0.637. The fourth-order valence-corrected chi connectivity index (χ4v) is 1.13. The van der Waals surface area contributed by atoms with E-state index < -0.39 is 0 Å². The summed E-state index contributed by atoms with van der Waals surface area (Å²) in [7, 11) is 0. The van der Waals surface area contributed by atoms with Crippen LogP contribution in [0.1, 0.15) is 31.4 Å². The van der Waals surface area contributed by atoms with E-state index in [0.717, 1.165) is 5.56 Å². The number of rotatable bonds is 5. The van der Waals surface area contributed by atoms with Gasteiger partial charge in [0.1, 0.15) is 0 Å². The number of nitrogens with zero attached hydrogens (tertiary/aromatic N) is 1. The minimum atomic E-state index is -0.0484. The van der Waals surface area contributed by atoms with E-state index in [2.05, 4.69) is 15.5 Å². The summed E-state index contributed by atoms with van der Waals surface area (Å²) in [4.78, 5) is 11.3. The number of aromatic nitrogens is 2. The van der Waals surface area contributed by atoms with Crippen LogP contribution in [-0.2, 0) is 4.79 Å². The highest BCUT2D eigenvalue weighted by atomic mass is 16.3. The number of H-pyrrole nitrogens is 1. The molecule has 5 nitrogen and oxygen atoms in total. The standard InChI is InChI=1S/C9H15N3O2/c1-7(8-5-10-11-6-8)12-9(14)3-2-4-13/h5-7,13H,2-4H2,1H3,(H,10,11)(H,12,14). The monoisotopic (exact) mass is 197 g/mol. The lowest BCUT2D eigenvalue weighted by Crippen LogP contribution is -2.26. The number of carbonyl (C=O) groups is 1. The SMILES string of the molecule is CC(NC(=O)CCCO)c1cn[nH]c1. The highest BCUT2D eigenvalue weighted by Gasteiger charge is 2.09. The number of hydrogen-bond acceptors (Lipinski definition) is 3. The third-order valence-electron chi connectivity index (χ3n) is 1.96. The molecule has 0 aliphatic carbocycles. The van der Waals surface area contributed by atoms with Gasteiger partial charge in [-0.2, -0.15) is 5.10 Å². The van der Waals surface area contributed by atoms with Crippen LogP contribution in [0.15, 0.2) is 12.4 Å². The molecule has 1 heterocycles. The zero-order valence-corrected chi connectivity index (χ0v) is 8.16. The number of aromatic amines is 1. The van der Waals surface area contributed by atoms with Crippen LogP contribution in [0, 0.1) is 0 Å². The van der Waals surface area contributed by atoms with Crippen LogP contribution in [-0.4, -0.2) is 27.8 Å². The summed E-state index contributed by atoms with van der Waals surface area (Å²) in [6.45, 7) is 1.94. The van der Waals surface area contributed by atoms with Crippen LogP contribution in [0.2, 0.25) is 0 Å². The molecule has 1 atom stereocenters. The van der Waals surface area contributed by atoms with Gasteiger partial charge >= 0.3 is 0 Å². The Labute approximate surface area is 82.5 Å². The van der Waals surface area contributed by atoms with Crippen LogP contribution < -0.4 is 5.32 Å². The molecule has 1 rings (SSSR count). The Bertz CT molecular complexity index is 272. The smallest absolute Gasteiger partial charge is 0.220 e. The summed E-state index contributed by atoms with van der Waals surface area (Å²) in [5, 5.41) is 17.8. The summed E-state index contributed by atoms with van der Waals surface area (Å²) in [6, 6.07) is -0.0417. The molecular formula is C9H15N3O2. The molecule has 1 amide bonds. The molecule has 3 N–H and O–H groups in total. The zero-order chi connectivity index (χ0) is 10.4. The average molecular weight is 197 g/mol. The van der Waals surface area contributed by atoms with E-state index in [4.69, 9.17) is 5.11 Å². The Kier molecular flexibility index (Phi) is 4.12. The van der Waals surface area contributed by atoms with Crippen molar-refractivity contribution < 1.29 is 9.90 Å². The molecule has 78 valence electrons. The van der Waals surface area contributed by atoms with Crippen molar-refractivity contribution in [3.8, 4) is 0 Å². The van der Waals surface area contributed by atoms with Gasteiger partial charge in [0.2, 0.25) is 5.91 Å². The van der Waals surface area contributed by atoms with Gasteiger partial charge in [-0.15, -0.1) is 0 Å². The van der Waals surface area contributed by atoms with Gasteiger partial charge in [0.05, 0.1) is 12.2 Å². The highest BCUT2D eigenvalue weighted by molar-refractivity contribution is 5.76. The van der Waals surface area contributed by atoms with E-state index in [1.54, 1.807) is 12.4 Å². The fourth-order valence-electron chi connectivity index (χ4n) is 1.13. The van der Waals surface area contributed by atoms with Crippen molar-refractivity contribution in [3.05, 3.63) is 18.0 Å². The molecule has 0 aliphatic heterocycles. The van der Waals surface area contributed by atoms with Gasteiger partial charge in [-0.05, 0) is 13.3 Å². The second-order valence-electron chi connectivity index (χ2n) is 3.15. The molecule has 0 aliphatic rings. The largest absolute Gasteiger partial charge is 0.396 e. The van der Waals surface area contributed by atoms with E-state index in [1.807, 2.05) is 6.92 Å². The summed E-state index contributed by atoms with van der Waals surface area (Å²) in [6.07, 6.45) is 4.29. The molecule has 0 radical (unpaired) electrons. The van der Waals surface area contributed by atoms with E-state index in [-0.39, 0.29) is 18.6 Å². The molecule has 0 saturated heterocycles. The van der Waals surface area contributed by atoms with Crippen molar-refractivity contribution >= 4 is 5.91 Å². The molecule has 0 fully saturated rings. The summed E-state index contributed by atoms with van der Waals surface area (Å²) >= 11 is 0. The van der Waals surface area contributed by atoms with Gasteiger partial charge in [-0.3, -0.25) is 9.89 Å². The lowest BCUT2D eigenvalue weighted by molar-refractivity contribution is -0.122. The molecule has 1 unspecified atom stereocenters. The van der Waals surface area contributed by atoms with Crippen LogP contribution >= 0.6 is 0 Å². The first-order valence-corrected chi connectivity index (χ1v) is 4.63. The van der Waals surface area contributed by atoms with Crippen LogP contribution in [0.3, 0.4) is 0 Å². The number of aliphatic hydroxyl groups excluding tert-OH is 1. The van der Waals surface area contributed by atoms with Crippen LogP contribution in [0.4, 0.5) is 0 Å². The number of amides is 1. The first kappa shape index (κ1) is 10.7. The summed E-state index contributed by atoms with van der Waals surface area (Å²) < 4.78 is 0. The molecule has 0 spiro atoms. The van der Waals surface area contributed by atoms with Gasteiger partial charge in [-0.25, -0.2) is 0 Å². The minimum Gasteiger partial charge on any atom is -0.396 e. The minimum absolute atomic E-state index is 0.0417. The molecule has 14 heavy (non-hydrogen) atoms. The van der Waals surface area contributed by atoms with Crippen molar-refractivity contribution in [3.63, 3.8) is 0 Å². The molecule has 0 aromatic carbocycles. The van der Waals surface area contributed by atoms with Gasteiger partial charge in [0.25, 0.3) is 0 Å². The molecule has 1 aromatic rings. The summed E-state index contributed by atoms with van der Waals surface area (Å²) in [5.74, 6) is -0.0484. The van der Waals surface area contributed by atoms with Gasteiger partial charge in [0, 0.05) is 24.8 Å². The Hall–Kier alpha value is -1.36. The van der Waals surface area contributed by atoms with E-state index in [1.165, 1.54) is 0 Å². The predicted octanol–water partition coefficient (Wildman–Crippen LogP) is 0.359. The molecular weight excluding hydrogens is 182 g/mol. The first-order valence-electron chi connectivity index (χ1n) is 4.63. The van der Waals surface area contributed by atoms with E-state index in [0.29, 0.717) is 12.8 Å². The van der Waals surface area contributed by atoms with Crippen molar-refractivity contribution in [1.29, 1.82) is 0 Å². The maximum absolute atomic E-state index is 11.3. The maximum Gasteiger partial charge on any atom is 0.220 e. The lowest BCUT2D eigenvalue weighted by Gasteiger charge is -2.11. The Morgan fingerprint density at radius 1 is 1.79 bits per heavy atom. The number of nitrogens with one attached hydrogen (secondary N) is 2. The van der Waals surface area contributed by atoms with Crippen molar-refractivity contribution in [2.45, 2.75) is 25.8 Å². The molecule has 1 aromatic heterocycles. The third-order valence-corrected chi connectivity index (χ3v) is 1.96. The van der Waals surface area contributed by atoms with E-state index in [9.17, 15) is 4.79 Å². The maximum atomic E-state index is 11.3. The van der Waals surface area contributed by atoms with Crippen molar-refractivity contribution in [2.24, 2.45) is 0 Å². The van der Waals surface area contributed by atoms with Gasteiger partial charge < -0.3 is 10.4 Å². The number of carbonyl (C=O) groups excluding carboxylic acids is 1. The lowest BCUT2D eigenvalue weighted by atomic mass is 10.2. The van der Waals surface area contributed by atoms with Crippen LogP contribution in [0.5, 0.6) is 0 Å². The third kappa shape index (κ3) is 3.18. The zero-order valence-electron chi connectivity index (χ0n) is 8.16. The normalized spacial score (nSPS) is 12.4. The Morgan fingerprint density at radius 3 is 3.14 bits per heavy atom. The second-order valence-corrected chi connectivity index (χ2v) is 3.15. The van der Waals surface area contributed by atoms with Gasteiger partial charge in [-0.1, -0.05) is 0 Å². The molecule has 5 heteroatoms. The highest BCUT2D eigenvalue weighted by Crippen LogP contribution is 2.09. The van der Waals surface area contributed by atoms with Crippen molar-refractivity contribution in [2.75, 3.05) is 6.61 Å². The summed E-state index contributed by atoms with van der Waals surface area (Å²) in [5.41, 5.74) is 0.947. The fraction of sp³-hybridized carbons (Fsp3) is 0.556. The van der Waals surface area contributed by atoms with E-state index >= 15 is 0 Å². The topological polar surface area (TPSA) is 78.0 Å². The molecule has 0 saturated carbocycles. The first-order chi connectivity index (χ1) is 6.74. The Balaban J connectivity index is 2.33. The van der Waals surface area contributed by atoms with Crippen LogP contribution in [0.25, 0.3) is 0 Å². The second kappa shape index (κ2) is 5.39. The molecule has 0 bridgehead atoms. The van der Waals surface area contributed by atoms with Crippen molar-refractivity contribution in [1.82, 2.24) is 15.5 Å². The number of hydrogen-bond donors (Lipinski definition) is 3. The van der Waals surface area contributed by atoms with Gasteiger partial charge in [0.15, 0.2) is 0 Å². The predicted molar refractivity (Wildman–Crippen MR) is 51.5 cm³/mol.